The van der Waals surface area contributed by atoms with Crippen LogP contribution in [-0.2, 0) is 25.7 Å². The van der Waals surface area contributed by atoms with Crippen LogP contribution in [0.4, 0.5) is 13.6 Å². The Kier molecular flexibility index (Phi) is 8.03. The van der Waals surface area contributed by atoms with E-state index in [1.807, 2.05) is 54.6 Å². The van der Waals surface area contributed by atoms with Crippen LogP contribution in [0.2, 0.25) is 0 Å². The van der Waals surface area contributed by atoms with Crippen molar-refractivity contribution >= 4 is 18.0 Å². The molecule has 0 radical (unpaired) electrons. The highest BCUT2D eigenvalue weighted by Gasteiger charge is 2.71. The maximum atomic E-state index is 14.5. The molecule has 4 atom stereocenters. The number of fused-ring (bicyclic) bond motifs is 3. The minimum atomic E-state index is -3.40. The second-order valence-corrected chi connectivity index (χ2v) is 10.3. The van der Waals surface area contributed by atoms with E-state index < -0.39 is 54.4 Å². The van der Waals surface area contributed by atoms with Crippen molar-refractivity contribution in [3.05, 3.63) is 95.6 Å². The summed E-state index contributed by atoms with van der Waals surface area (Å²) in [4.78, 5) is 36.8. The van der Waals surface area contributed by atoms with Crippen molar-refractivity contribution in [3.8, 4) is 11.1 Å². The van der Waals surface area contributed by atoms with Crippen LogP contribution < -0.4 is 10.6 Å². The third kappa shape index (κ3) is 5.92. The number of alkyl halides is 2. The monoisotopic (exact) mass is 564 g/mol. The first kappa shape index (κ1) is 28.2. The van der Waals surface area contributed by atoms with Gasteiger partial charge in [0.1, 0.15) is 12.5 Å². The third-order valence-corrected chi connectivity index (χ3v) is 7.68. The number of carboxylic acid groups (broad SMARTS) is 1. The molecule has 0 aromatic heterocycles. The van der Waals surface area contributed by atoms with E-state index in [0.717, 1.165) is 27.8 Å². The highest BCUT2D eigenvalue weighted by Crippen LogP contribution is 2.55. The number of aliphatic carboxylic acids is 1. The number of nitrogens with one attached hydrogen (secondary N) is 2. The van der Waals surface area contributed by atoms with Crippen molar-refractivity contribution in [3.63, 3.8) is 0 Å². The van der Waals surface area contributed by atoms with Crippen LogP contribution in [0.5, 0.6) is 0 Å². The van der Waals surface area contributed by atoms with E-state index in [9.17, 15) is 28.3 Å². The van der Waals surface area contributed by atoms with Crippen molar-refractivity contribution in [2.24, 2.45) is 11.8 Å². The van der Waals surface area contributed by atoms with Gasteiger partial charge in [-0.15, -0.1) is 0 Å². The van der Waals surface area contributed by atoms with E-state index in [4.69, 9.17) is 9.47 Å². The molecule has 0 bridgehead atoms. The normalized spacial score (nSPS) is 19.8. The molecule has 41 heavy (non-hydrogen) atoms. The lowest BCUT2D eigenvalue weighted by Crippen LogP contribution is -2.49. The minimum Gasteiger partial charge on any atom is -0.480 e. The molecule has 0 spiro atoms. The lowest BCUT2D eigenvalue weighted by Gasteiger charge is -2.22. The number of ether oxygens (including phenoxy) is 2. The first-order valence-corrected chi connectivity index (χ1v) is 13.3. The van der Waals surface area contributed by atoms with Crippen LogP contribution in [-0.4, -0.2) is 54.3 Å². The average Bonchev–Trinajstić information content (AvgIpc) is 3.38. The van der Waals surface area contributed by atoms with Crippen LogP contribution in [0.1, 0.15) is 29.5 Å². The molecule has 0 saturated heterocycles. The molecule has 1 saturated carbocycles. The molecule has 2 unspecified atom stereocenters. The Morgan fingerprint density at radius 1 is 0.927 bits per heavy atom. The number of alkyl carbamates (subject to hydrolysis) is 1. The predicted molar refractivity (Wildman–Crippen MR) is 145 cm³/mol. The van der Waals surface area contributed by atoms with Crippen LogP contribution in [0.3, 0.4) is 0 Å². The molecule has 3 N–H and O–H groups in total. The summed E-state index contributed by atoms with van der Waals surface area (Å²) in [6, 6.07) is 23.1. The molecule has 0 heterocycles. The lowest BCUT2D eigenvalue weighted by atomic mass is 9.98. The number of carboxylic acids is 1. The maximum absolute atomic E-state index is 14.5. The maximum Gasteiger partial charge on any atom is 0.407 e. The van der Waals surface area contributed by atoms with E-state index in [-0.39, 0.29) is 19.1 Å². The van der Waals surface area contributed by atoms with E-state index in [1.165, 1.54) is 6.92 Å². The Hall–Kier alpha value is -4.31. The molecule has 8 nitrogen and oxygen atoms in total. The zero-order valence-corrected chi connectivity index (χ0v) is 22.3. The molecule has 1 fully saturated rings. The van der Waals surface area contributed by atoms with Gasteiger partial charge < -0.3 is 25.2 Å². The van der Waals surface area contributed by atoms with Gasteiger partial charge in [-0.2, -0.15) is 0 Å². The fourth-order valence-corrected chi connectivity index (χ4v) is 5.37. The van der Waals surface area contributed by atoms with Crippen molar-refractivity contribution < 1.29 is 37.7 Å². The predicted octanol–water partition coefficient (Wildman–Crippen LogP) is 4.58. The number of amides is 2. The number of carbonyl (C=O) groups is 3. The van der Waals surface area contributed by atoms with E-state index in [1.54, 1.807) is 24.3 Å². The van der Waals surface area contributed by atoms with Gasteiger partial charge in [-0.25, -0.2) is 18.4 Å². The molecule has 2 aliphatic rings. The van der Waals surface area contributed by atoms with Gasteiger partial charge in [-0.05, 0) is 34.7 Å². The summed E-state index contributed by atoms with van der Waals surface area (Å²) in [7, 11) is 0. The molecule has 5 rings (SSSR count). The highest BCUT2D eigenvalue weighted by molar-refractivity contribution is 5.88. The molecule has 2 aliphatic carbocycles. The van der Waals surface area contributed by atoms with Gasteiger partial charge in [0.2, 0.25) is 5.91 Å². The summed E-state index contributed by atoms with van der Waals surface area (Å²) in [6.07, 6.45) is -1.86. The van der Waals surface area contributed by atoms with Crippen molar-refractivity contribution in [2.75, 3.05) is 13.2 Å². The topological polar surface area (TPSA) is 114 Å². The number of benzene rings is 3. The number of hydrogen-bond donors (Lipinski definition) is 3. The molecular weight excluding hydrogens is 534 g/mol. The molecule has 0 aliphatic heterocycles. The van der Waals surface area contributed by atoms with E-state index in [2.05, 4.69) is 10.6 Å². The lowest BCUT2D eigenvalue weighted by molar-refractivity contribution is -0.147. The summed E-state index contributed by atoms with van der Waals surface area (Å²) in [6.45, 7) is 1.06. The second-order valence-electron chi connectivity index (χ2n) is 10.3. The Labute approximate surface area is 235 Å². The van der Waals surface area contributed by atoms with Gasteiger partial charge in [0.05, 0.1) is 18.6 Å². The zero-order chi connectivity index (χ0) is 29.1. The molecule has 214 valence electrons. The number of halogens is 2. The number of rotatable bonds is 11. The second kappa shape index (κ2) is 11.7. The smallest absolute Gasteiger partial charge is 0.407 e. The number of carbonyl (C=O) groups excluding carboxylic acids is 2. The van der Waals surface area contributed by atoms with Crippen LogP contribution >= 0.6 is 0 Å². The zero-order valence-electron chi connectivity index (χ0n) is 22.3. The quantitative estimate of drug-likeness (QED) is 0.314. The van der Waals surface area contributed by atoms with Gasteiger partial charge in [0.25, 0.3) is 5.92 Å². The SMILES string of the molecule is CC(OCc1ccccc1)C(NC(=O)[C@@H]1[C@H](CNC(=O)OCC2c3ccccc3-c3ccccc32)C1(F)F)C(=O)O. The Morgan fingerprint density at radius 2 is 1.51 bits per heavy atom. The van der Waals surface area contributed by atoms with Crippen molar-refractivity contribution in [2.45, 2.75) is 37.5 Å². The third-order valence-electron chi connectivity index (χ3n) is 7.68. The van der Waals surface area contributed by atoms with Gasteiger partial charge in [-0.3, -0.25) is 4.79 Å². The van der Waals surface area contributed by atoms with E-state index in [0.29, 0.717) is 0 Å². The molecule has 3 aromatic rings. The Bertz CT molecular complexity index is 1390. The molecule has 2 amide bonds. The minimum absolute atomic E-state index is 0.0198. The summed E-state index contributed by atoms with van der Waals surface area (Å²) in [5.41, 5.74) is 4.94. The summed E-state index contributed by atoms with van der Waals surface area (Å²) < 4.78 is 40.0. The Morgan fingerprint density at radius 3 is 2.12 bits per heavy atom. The first-order chi connectivity index (χ1) is 19.7. The molecule has 3 aromatic carbocycles. The van der Waals surface area contributed by atoms with Crippen molar-refractivity contribution in [1.29, 1.82) is 0 Å². The van der Waals surface area contributed by atoms with Gasteiger partial charge in [-0.1, -0.05) is 78.9 Å². The summed E-state index contributed by atoms with van der Waals surface area (Å²) in [5, 5.41) is 14.1. The average molecular weight is 565 g/mol. The van der Waals surface area contributed by atoms with Gasteiger partial charge >= 0.3 is 12.1 Å². The fourth-order valence-electron chi connectivity index (χ4n) is 5.37. The van der Waals surface area contributed by atoms with Crippen LogP contribution in [0, 0.1) is 11.8 Å². The number of hydrogen-bond acceptors (Lipinski definition) is 5. The standard InChI is InChI=1S/C31H30F2N2O6/c1-18(40-16-19-9-3-2-4-10-19)27(29(37)38)35-28(36)26-25(31(26,32)33)15-34-30(39)41-17-24-22-13-7-5-11-20(22)21-12-6-8-14-23(21)24/h2-14,18,24-27H,15-17H2,1H3,(H,34,39)(H,35,36)(H,37,38)/t18?,25-,26-,27?/m0/s1. The summed E-state index contributed by atoms with van der Waals surface area (Å²) in [5.74, 6) is -9.38. The fraction of sp³-hybridized carbons (Fsp3) is 0.323. The van der Waals surface area contributed by atoms with E-state index >= 15 is 0 Å². The van der Waals surface area contributed by atoms with Crippen LogP contribution in [0.25, 0.3) is 11.1 Å². The van der Waals surface area contributed by atoms with Gasteiger partial charge in [0.15, 0.2) is 6.04 Å². The van der Waals surface area contributed by atoms with Crippen molar-refractivity contribution in [1.82, 2.24) is 10.6 Å². The van der Waals surface area contributed by atoms with Gasteiger partial charge in [0, 0.05) is 12.5 Å². The largest absolute Gasteiger partial charge is 0.480 e. The first-order valence-electron chi connectivity index (χ1n) is 13.3. The summed E-state index contributed by atoms with van der Waals surface area (Å²) >= 11 is 0. The molecule has 10 heteroatoms. The highest BCUT2D eigenvalue weighted by atomic mass is 19.3. The van der Waals surface area contributed by atoms with Crippen LogP contribution in [0.15, 0.2) is 78.9 Å². The Balaban J connectivity index is 1.12. The molecular formula is C31H30F2N2O6.